The number of Topliss-reactive ketones (excluding diaryl/α,β-unsaturated/α-hetero) is 1. The Balaban J connectivity index is 1.76. The molecule has 1 aromatic carbocycles. The number of hydrogen-bond donors (Lipinski definition) is 2. The number of pyridine rings is 1. The second-order valence-corrected chi connectivity index (χ2v) is 7.68. The van der Waals surface area contributed by atoms with E-state index in [9.17, 15) is 9.59 Å². The fraction of sp³-hybridized carbons (Fsp3) is 0.333. The van der Waals surface area contributed by atoms with E-state index in [1.807, 2.05) is 13.0 Å². The third kappa shape index (κ3) is 4.18. The van der Waals surface area contributed by atoms with Crippen LogP contribution >= 0.6 is 0 Å². The van der Waals surface area contributed by atoms with Crippen molar-refractivity contribution in [3.63, 3.8) is 0 Å². The van der Waals surface area contributed by atoms with Crippen LogP contribution < -0.4 is 10.6 Å². The molecule has 3 heterocycles. The average Bonchev–Trinajstić information content (AvgIpc) is 2.81. The highest BCUT2D eigenvalue weighted by atomic mass is 19.1. The molecule has 0 unspecified atom stereocenters. The van der Waals surface area contributed by atoms with Gasteiger partial charge in [0.25, 0.3) is 5.91 Å². The summed E-state index contributed by atoms with van der Waals surface area (Å²) in [7, 11) is 1.55. The predicted molar refractivity (Wildman–Crippen MR) is 118 cm³/mol. The van der Waals surface area contributed by atoms with Gasteiger partial charge in [-0.1, -0.05) is 25.1 Å². The Kier molecular flexibility index (Phi) is 6.04. The highest BCUT2D eigenvalue weighted by molar-refractivity contribution is 6.41. The second kappa shape index (κ2) is 8.89. The first kappa shape index (κ1) is 21.1. The van der Waals surface area contributed by atoms with Crippen LogP contribution in [0.15, 0.2) is 35.3 Å². The van der Waals surface area contributed by atoms with Gasteiger partial charge in [0, 0.05) is 32.0 Å². The molecule has 4 rings (SSSR count). The van der Waals surface area contributed by atoms with Gasteiger partial charge in [-0.15, -0.1) is 0 Å². The summed E-state index contributed by atoms with van der Waals surface area (Å²) in [6, 6.07) is 7.06. The van der Waals surface area contributed by atoms with E-state index >= 15 is 4.39 Å². The SMILES string of the molecule is CCC1=Nc2ccc(Cc3nc(C(=O)NC)ccc3C3=CCNCC3)c(F)c2CC1=O. The van der Waals surface area contributed by atoms with Gasteiger partial charge in [-0.25, -0.2) is 14.4 Å². The van der Waals surface area contributed by atoms with E-state index in [2.05, 4.69) is 26.7 Å². The van der Waals surface area contributed by atoms with Gasteiger partial charge in [-0.05, 0) is 48.2 Å². The third-order valence-corrected chi connectivity index (χ3v) is 5.75. The Morgan fingerprint density at radius 3 is 2.81 bits per heavy atom. The van der Waals surface area contributed by atoms with E-state index in [1.54, 1.807) is 25.2 Å². The van der Waals surface area contributed by atoms with Crippen LogP contribution in [0.5, 0.6) is 0 Å². The summed E-state index contributed by atoms with van der Waals surface area (Å²) in [6.07, 6.45) is 3.72. The summed E-state index contributed by atoms with van der Waals surface area (Å²) in [5.74, 6) is -0.835. The maximum absolute atomic E-state index is 15.4. The number of hydrogen-bond acceptors (Lipinski definition) is 5. The molecule has 31 heavy (non-hydrogen) atoms. The molecular formula is C24H25FN4O2. The number of amides is 1. The second-order valence-electron chi connectivity index (χ2n) is 7.68. The summed E-state index contributed by atoms with van der Waals surface area (Å²) >= 11 is 0. The van der Waals surface area contributed by atoms with Crippen LogP contribution in [0, 0.1) is 5.82 Å². The lowest BCUT2D eigenvalue weighted by molar-refractivity contribution is -0.112. The van der Waals surface area contributed by atoms with Crippen molar-refractivity contribution in [3.05, 3.63) is 64.2 Å². The van der Waals surface area contributed by atoms with Crippen LogP contribution in [0.3, 0.4) is 0 Å². The number of aromatic nitrogens is 1. The van der Waals surface area contributed by atoms with Crippen molar-refractivity contribution in [2.45, 2.75) is 32.6 Å². The minimum absolute atomic E-state index is 0.0249. The van der Waals surface area contributed by atoms with E-state index in [-0.39, 0.29) is 24.5 Å². The minimum atomic E-state index is -0.415. The number of carbonyl (C=O) groups excluding carboxylic acids is 2. The number of carbonyl (C=O) groups is 2. The minimum Gasteiger partial charge on any atom is -0.354 e. The number of rotatable bonds is 5. The summed E-state index contributed by atoms with van der Waals surface area (Å²) in [6.45, 7) is 3.49. The van der Waals surface area contributed by atoms with E-state index < -0.39 is 5.82 Å². The Morgan fingerprint density at radius 1 is 1.26 bits per heavy atom. The summed E-state index contributed by atoms with van der Waals surface area (Å²) in [5, 5.41) is 5.87. The Hall–Kier alpha value is -3.19. The summed E-state index contributed by atoms with van der Waals surface area (Å²) in [4.78, 5) is 33.3. The highest BCUT2D eigenvalue weighted by Gasteiger charge is 2.24. The smallest absolute Gasteiger partial charge is 0.269 e. The maximum atomic E-state index is 15.4. The first-order valence-electron chi connectivity index (χ1n) is 10.5. The molecule has 0 fully saturated rings. The van der Waals surface area contributed by atoms with Crippen molar-refractivity contribution >= 4 is 28.7 Å². The number of halogens is 1. The standard InChI is InChI=1S/C24H25FN4O2/c1-3-18-22(30)13-17-19(28-18)6-4-15(23(17)25)12-21-16(14-8-10-27-11-9-14)5-7-20(29-21)24(31)26-2/h4-8,27H,3,9-13H2,1-2H3,(H,26,31). The largest absolute Gasteiger partial charge is 0.354 e. The molecule has 0 aliphatic carbocycles. The van der Waals surface area contributed by atoms with Crippen molar-refractivity contribution in [2.75, 3.05) is 20.1 Å². The lowest BCUT2D eigenvalue weighted by Gasteiger charge is -2.19. The first-order chi connectivity index (χ1) is 15.0. The van der Waals surface area contributed by atoms with Gasteiger partial charge < -0.3 is 10.6 Å². The molecule has 2 aromatic rings. The number of aliphatic imine (C=N–C) groups is 1. The van der Waals surface area contributed by atoms with Crippen LogP contribution in [0.1, 0.15) is 52.6 Å². The molecule has 2 aliphatic rings. The van der Waals surface area contributed by atoms with E-state index in [1.165, 1.54) is 0 Å². The Labute approximate surface area is 180 Å². The molecule has 1 aromatic heterocycles. The topological polar surface area (TPSA) is 83.4 Å². The van der Waals surface area contributed by atoms with Gasteiger partial charge in [-0.2, -0.15) is 0 Å². The van der Waals surface area contributed by atoms with Gasteiger partial charge in [0.15, 0.2) is 5.78 Å². The molecule has 0 radical (unpaired) electrons. The van der Waals surface area contributed by atoms with Gasteiger partial charge in [0.2, 0.25) is 0 Å². The molecule has 0 saturated heterocycles. The predicted octanol–water partition coefficient (Wildman–Crippen LogP) is 3.16. The molecule has 0 atom stereocenters. The zero-order chi connectivity index (χ0) is 22.0. The monoisotopic (exact) mass is 420 g/mol. The van der Waals surface area contributed by atoms with E-state index in [4.69, 9.17) is 0 Å². The first-order valence-corrected chi connectivity index (χ1v) is 10.5. The molecule has 2 N–H and O–H groups in total. The molecule has 160 valence electrons. The molecule has 6 nitrogen and oxygen atoms in total. The molecule has 0 bridgehead atoms. The number of nitrogens with one attached hydrogen (secondary N) is 2. The number of benzene rings is 1. The van der Waals surface area contributed by atoms with Crippen LogP contribution in [0.25, 0.3) is 5.57 Å². The van der Waals surface area contributed by atoms with Crippen LogP contribution in [-0.2, 0) is 17.6 Å². The molecule has 7 heteroatoms. The molecule has 0 spiro atoms. The number of ketones is 1. The average molecular weight is 420 g/mol. The van der Waals surface area contributed by atoms with Crippen molar-refractivity contribution in [1.29, 1.82) is 0 Å². The van der Waals surface area contributed by atoms with Crippen LogP contribution in [0.2, 0.25) is 0 Å². The fourth-order valence-corrected chi connectivity index (χ4v) is 4.05. The highest BCUT2D eigenvalue weighted by Crippen LogP contribution is 2.32. The van der Waals surface area contributed by atoms with E-state index in [0.29, 0.717) is 40.3 Å². The number of fused-ring (bicyclic) bond motifs is 1. The van der Waals surface area contributed by atoms with Gasteiger partial charge >= 0.3 is 0 Å². The molecule has 2 aliphatic heterocycles. The lowest BCUT2D eigenvalue weighted by atomic mass is 9.92. The van der Waals surface area contributed by atoms with Crippen molar-refractivity contribution in [2.24, 2.45) is 4.99 Å². The summed E-state index contributed by atoms with van der Waals surface area (Å²) in [5.41, 5.74) is 4.79. The fourth-order valence-electron chi connectivity index (χ4n) is 4.05. The van der Waals surface area contributed by atoms with Crippen molar-refractivity contribution < 1.29 is 14.0 Å². The van der Waals surface area contributed by atoms with Gasteiger partial charge in [0.1, 0.15) is 11.5 Å². The van der Waals surface area contributed by atoms with Crippen LogP contribution in [0.4, 0.5) is 10.1 Å². The van der Waals surface area contributed by atoms with E-state index in [0.717, 1.165) is 30.6 Å². The number of nitrogens with zero attached hydrogens (tertiary/aromatic N) is 2. The lowest BCUT2D eigenvalue weighted by Crippen LogP contribution is -2.22. The van der Waals surface area contributed by atoms with Gasteiger partial charge in [0.05, 0.1) is 17.1 Å². The third-order valence-electron chi connectivity index (χ3n) is 5.75. The Morgan fingerprint density at radius 2 is 2.10 bits per heavy atom. The molecule has 0 saturated carbocycles. The molecular weight excluding hydrogens is 395 g/mol. The Bertz CT molecular complexity index is 1120. The zero-order valence-corrected chi connectivity index (χ0v) is 17.7. The summed E-state index contributed by atoms with van der Waals surface area (Å²) < 4.78 is 15.4. The van der Waals surface area contributed by atoms with Crippen molar-refractivity contribution in [1.82, 2.24) is 15.6 Å². The van der Waals surface area contributed by atoms with Crippen LogP contribution in [-0.4, -0.2) is 42.5 Å². The van der Waals surface area contributed by atoms with Gasteiger partial charge in [-0.3, -0.25) is 9.59 Å². The van der Waals surface area contributed by atoms with Crippen molar-refractivity contribution in [3.8, 4) is 0 Å². The zero-order valence-electron chi connectivity index (χ0n) is 17.7. The quantitative estimate of drug-likeness (QED) is 0.778. The normalized spacial score (nSPS) is 15.8. The maximum Gasteiger partial charge on any atom is 0.269 e. The molecule has 1 amide bonds.